The molecule has 0 bridgehead atoms. The number of anilines is 1. The Labute approximate surface area is 153 Å². The minimum absolute atomic E-state index is 0.224. The number of nitrogens with zero attached hydrogens (tertiary/aromatic N) is 1. The molecule has 138 valence electrons. The SMILES string of the molecule is COc1cc2c(c(OC)c1OC)C=CCN2S(=O)(=O)c1ccc(C)cc1. The maximum Gasteiger partial charge on any atom is 0.264 e. The van der Waals surface area contributed by atoms with Gasteiger partial charge in [-0.05, 0) is 19.1 Å². The van der Waals surface area contributed by atoms with Crippen LogP contribution in [0.3, 0.4) is 0 Å². The third kappa shape index (κ3) is 2.88. The minimum atomic E-state index is -3.73. The molecule has 7 heteroatoms. The number of fused-ring (bicyclic) bond motifs is 1. The van der Waals surface area contributed by atoms with Crippen LogP contribution in [0.4, 0.5) is 5.69 Å². The van der Waals surface area contributed by atoms with Gasteiger partial charge in [0.05, 0.1) is 38.5 Å². The summed E-state index contributed by atoms with van der Waals surface area (Å²) in [7, 11) is 0.796. The maximum absolute atomic E-state index is 13.2. The van der Waals surface area contributed by atoms with Gasteiger partial charge in [0, 0.05) is 11.6 Å². The lowest BCUT2D eigenvalue weighted by Crippen LogP contribution is -2.33. The van der Waals surface area contributed by atoms with Crippen molar-refractivity contribution in [3.8, 4) is 17.2 Å². The fourth-order valence-corrected chi connectivity index (χ4v) is 4.39. The molecular formula is C19H21NO5S. The fraction of sp³-hybridized carbons (Fsp3) is 0.263. The predicted molar refractivity (Wildman–Crippen MR) is 101 cm³/mol. The lowest BCUT2D eigenvalue weighted by Gasteiger charge is -2.29. The van der Waals surface area contributed by atoms with Gasteiger partial charge in [0.25, 0.3) is 10.0 Å². The van der Waals surface area contributed by atoms with Crippen molar-refractivity contribution in [3.63, 3.8) is 0 Å². The van der Waals surface area contributed by atoms with E-state index in [1.54, 1.807) is 36.4 Å². The zero-order chi connectivity index (χ0) is 18.9. The number of hydrogen-bond acceptors (Lipinski definition) is 5. The molecule has 6 nitrogen and oxygen atoms in total. The number of rotatable bonds is 5. The molecule has 2 aromatic carbocycles. The molecule has 2 aromatic rings. The topological polar surface area (TPSA) is 65.1 Å². The molecular weight excluding hydrogens is 354 g/mol. The molecule has 0 amide bonds. The van der Waals surface area contributed by atoms with Crippen molar-refractivity contribution in [2.24, 2.45) is 0 Å². The number of ether oxygens (including phenoxy) is 3. The van der Waals surface area contributed by atoms with Gasteiger partial charge in [0.1, 0.15) is 0 Å². The summed E-state index contributed by atoms with van der Waals surface area (Å²) in [5, 5.41) is 0. The first-order valence-electron chi connectivity index (χ1n) is 8.03. The van der Waals surface area contributed by atoms with Crippen LogP contribution in [0.2, 0.25) is 0 Å². The van der Waals surface area contributed by atoms with E-state index in [0.29, 0.717) is 28.5 Å². The summed E-state index contributed by atoms with van der Waals surface area (Å²) in [4.78, 5) is 0.234. The molecule has 0 N–H and O–H groups in total. The molecule has 0 aliphatic carbocycles. The summed E-state index contributed by atoms with van der Waals surface area (Å²) in [6.07, 6.45) is 3.61. The van der Waals surface area contributed by atoms with Crippen molar-refractivity contribution in [3.05, 3.63) is 47.5 Å². The Kier molecular flexibility index (Phi) is 4.82. The summed E-state index contributed by atoms with van der Waals surface area (Å²) in [6, 6.07) is 8.44. The van der Waals surface area contributed by atoms with Crippen LogP contribution in [0.25, 0.3) is 6.08 Å². The van der Waals surface area contributed by atoms with Gasteiger partial charge in [-0.15, -0.1) is 0 Å². The molecule has 0 saturated carbocycles. The Morgan fingerprint density at radius 1 is 0.962 bits per heavy atom. The van der Waals surface area contributed by atoms with Crippen LogP contribution in [0, 0.1) is 6.92 Å². The average molecular weight is 375 g/mol. The Bertz CT molecular complexity index is 949. The van der Waals surface area contributed by atoms with Gasteiger partial charge in [-0.1, -0.05) is 29.8 Å². The first-order valence-corrected chi connectivity index (χ1v) is 9.47. The van der Waals surface area contributed by atoms with Gasteiger partial charge in [-0.25, -0.2) is 8.42 Å². The van der Waals surface area contributed by atoms with E-state index in [-0.39, 0.29) is 11.4 Å². The van der Waals surface area contributed by atoms with Crippen LogP contribution >= 0.6 is 0 Å². The molecule has 0 fully saturated rings. The molecule has 0 spiro atoms. The van der Waals surface area contributed by atoms with Crippen molar-refractivity contribution in [1.29, 1.82) is 0 Å². The van der Waals surface area contributed by atoms with Crippen LogP contribution in [0.15, 0.2) is 41.3 Å². The number of hydrogen-bond donors (Lipinski definition) is 0. The highest BCUT2D eigenvalue weighted by molar-refractivity contribution is 7.92. The van der Waals surface area contributed by atoms with E-state index in [1.165, 1.54) is 25.6 Å². The smallest absolute Gasteiger partial charge is 0.264 e. The van der Waals surface area contributed by atoms with Crippen molar-refractivity contribution in [2.75, 3.05) is 32.2 Å². The Morgan fingerprint density at radius 3 is 2.19 bits per heavy atom. The van der Waals surface area contributed by atoms with E-state index in [4.69, 9.17) is 14.2 Å². The Balaban J connectivity index is 2.20. The second-order valence-corrected chi connectivity index (χ2v) is 7.69. The highest BCUT2D eigenvalue weighted by Crippen LogP contribution is 2.47. The number of aryl methyl sites for hydroxylation is 1. The van der Waals surface area contributed by atoms with Crippen LogP contribution in [0.5, 0.6) is 17.2 Å². The van der Waals surface area contributed by atoms with Gasteiger partial charge in [-0.2, -0.15) is 0 Å². The van der Waals surface area contributed by atoms with Crippen LogP contribution in [-0.4, -0.2) is 36.3 Å². The largest absolute Gasteiger partial charge is 0.493 e. The minimum Gasteiger partial charge on any atom is -0.493 e. The highest BCUT2D eigenvalue weighted by atomic mass is 32.2. The van der Waals surface area contributed by atoms with Crippen molar-refractivity contribution in [2.45, 2.75) is 11.8 Å². The highest BCUT2D eigenvalue weighted by Gasteiger charge is 2.31. The molecule has 0 aromatic heterocycles. The number of sulfonamides is 1. The third-order valence-electron chi connectivity index (χ3n) is 4.28. The second-order valence-electron chi connectivity index (χ2n) is 5.83. The van der Waals surface area contributed by atoms with E-state index in [1.807, 2.05) is 13.0 Å². The molecule has 1 aliphatic heterocycles. The molecule has 3 rings (SSSR count). The van der Waals surface area contributed by atoms with Gasteiger partial charge < -0.3 is 14.2 Å². The lowest BCUT2D eigenvalue weighted by atomic mass is 10.1. The summed E-state index contributed by atoms with van der Waals surface area (Å²) in [6.45, 7) is 2.14. The summed E-state index contributed by atoms with van der Waals surface area (Å²) < 4.78 is 44.0. The molecule has 26 heavy (non-hydrogen) atoms. The number of methoxy groups -OCH3 is 3. The molecule has 0 atom stereocenters. The van der Waals surface area contributed by atoms with Crippen LogP contribution in [0.1, 0.15) is 11.1 Å². The normalized spacial score (nSPS) is 13.3. The van der Waals surface area contributed by atoms with Crippen molar-refractivity contribution >= 4 is 21.8 Å². The van der Waals surface area contributed by atoms with E-state index >= 15 is 0 Å². The first-order chi connectivity index (χ1) is 12.4. The van der Waals surface area contributed by atoms with Crippen molar-refractivity contribution < 1.29 is 22.6 Å². The lowest BCUT2D eigenvalue weighted by molar-refractivity contribution is 0.324. The predicted octanol–water partition coefficient (Wildman–Crippen LogP) is 3.24. The van der Waals surface area contributed by atoms with E-state index in [9.17, 15) is 8.42 Å². The van der Waals surface area contributed by atoms with E-state index < -0.39 is 10.0 Å². The second kappa shape index (κ2) is 6.92. The molecule has 1 aliphatic rings. The average Bonchev–Trinajstić information content (AvgIpc) is 2.65. The van der Waals surface area contributed by atoms with E-state index in [0.717, 1.165) is 5.56 Å². The van der Waals surface area contributed by atoms with Gasteiger partial charge in [0.2, 0.25) is 5.75 Å². The third-order valence-corrected chi connectivity index (χ3v) is 6.07. The first kappa shape index (κ1) is 18.1. The number of benzene rings is 2. The van der Waals surface area contributed by atoms with Gasteiger partial charge in [0.15, 0.2) is 11.5 Å². The molecule has 1 heterocycles. The Hall–Kier alpha value is -2.67. The monoisotopic (exact) mass is 375 g/mol. The van der Waals surface area contributed by atoms with Crippen LogP contribution in [-0.2, 0) is 10.0 Å². The summed E-state index contributed by atoms with van der Waals surface area (Å²) >= 11 is 0. The zero-order valence-electron chi connectivity index (χ0n) is 15.1. The summed E-state index contributed by atoms with van der Waals surface area (Å²) in [5.74, 6) is 1.26. The van der Waals surface area contributed by atoms with Crippen molar-refractivity contribution in [1.82, 2.24) is 0 Å². The van der Waals surface area contributed by atoms with Gasteiger partial charge in [-0.3, -0.25) is 4.31 Å². The molecule has 0 saturated heterocycles. The molecule has 0 unspecified atom stereocenters. The molecule has 0 radical (unpaired) electrons. The quantitative estimate of drug-likeness (QED) is 0.803. The maximum atomic E-state index is 13.2. The standard InChI is InChI=1S/C19H21NO5S/c1-13-7-9-14(10-8-13)26(21,22)20-11-5-6-15-16(20)12-17(23-2)19(25-4)18(15)24-3/h5-10,12H,11H2,1-4H3. The summed E-state index contributed by atoms with van der Waals surface area (Å²) in [5.41, 5.74) is 2.12. The Morgan fingerprint density at radius 2 is 1.62 bits per heavy atom. The van der Waals surface area contributed by atoms with Gasteiger partial charge >= 0.3 is 0 Å². The zero-order valence-corrected chi connectivity index (χ0v) is 16.0. The van der Waals surface area contributed by atoms with Crippen LogP contribution < -0.4 is 18.5 Å². The fourth-order valence-electron chi connectivity index (χ4n) is 2.96. The van der Waals surface area contributed by atoms with E-state index in [2.05, 4.69) is 0 Å².